The second-order valence-electron chi connectivity index (χ2n) is 13.8. The Morgan fingerprint density at radius 3 is 1.33 bits per heavy atom. The Kier molecular flexibility index (Phi) is 36.6. The summed E-state index contributed by atoms with van der Waals surface area (Å²) in [4.78, 5) is 23.3. The van der Waals surface area contributed by atoms with E-state index in [0.29, 0.717) is 12.8 Å². The van der Waals surface area contributed by atoms with E-state index < -0.39 is 5.97 Å². The summed E-state index contributed by atoms with van der Waals surface area (Å²) >= 11 is 0. The fraction of sp³-hybridized carbons (Fsp3) is 0.857. The number of rotatable bonds is 37. The number of carboxylic acid groups (broad SMARTS) is 1. The van der Waals surface area contributed by atoms with Gasteiger partial charge < -0.3 is 9.84 Å². The van der Waals surface area contributed by atoms with E-state index in [1.54, 1.807) is 0 Å². The monoisotopic (exact) mass is 647 g/mol. The molecule has 0 saturated carbocycles. The van der Waals surface area contributed by atoms with E-state index in [-0.39, 0.29) is 12.1 Å². The van der Waals surface area contributed by atoms with Crippen molar-refractivity contribution in [1.82, 2.24) is 0 Å². The molecule has 0 aromatic rings. The normalized spacial score (nSPS) is 12.4. The lowest BCUT2D eigenvalue weighted by atomic mass is 10.0. The third kappa shape index (κ3) is 36.9. The Hall–Kier alpha value is -1.58. The van der Waals surface area contributed by atoms with E-state index in [4.69, 9.17) is 9.84 Å². The van der Waals surface area contributed by atoms with Gasteiger partial charge in [-0.05, 0) is 70.6 Å². The maximum atomic E-state index is 12.7. The van der Waals surface area contributed by atoms with E-state index in [2.05, 4.69) is 38.2 Å². The molecule has 46 heavy (non-hydrogen) atoms. The Bertz CT molecular complexity index is 698. The largest absolute Gasteiger partial charge is 0.481 e. The van der Waals surface area contributed by atoms with Crippen molar-refractivity contribution in [1.29, 1.82) is 0 Å². The molecule has 0 fully saturated rings. The van der Waals surface area contributed by atoms with Gasteiger partial charge in [-0.2, -0.15) is 0 Å². The summed E-state index contributed by atoms with van der Waals surface area (Å²) in [5.41, 5.74) is 0. The molecule has 0 aliphatic carbocycles. The lowest BCUT2D eigenvalue weighted by Crippen LogP contribution is -2.18. The number of carboxylic acids is 1. The van der Waals surface area contributed by atoms with Crippen molar-refractivity contribution >= 4 is 11.9 Å². The van der Waals surface area contributed by atoms with Gasteiger partial charge in [0.25, 0.3) is 0 Å². The van der Waals surface area contributed by atoms with Crippen molar-refractivity contribution in [3.05, 3.63) is 24.3 Å². The van der Waals surface area contributed by atoms with Crippen LogP contribution in [0, 0.1) is 0 Å². The predicted octanol–water partition coefficient (Wildman–Crippen LogP) is 14.0. The number of carbonyl (C=O) groups is 2. The minimum atomic E-state index is -0.686. The van der Waals surface area contributed by atoms with Crippen LogP contribution in [-0.4, -0.2) is 23.1 Å². The van der Waals surface area contributed by atoms with Gasteiger partial charge in [0.1, 0.15) is 6.10 Å². The summed E-state index contributed by atoms with van der Waals surface area (Å²) in [5.74, 6) is -0.669. The topological polar surface area (TPSA) is 63.6 Å². The molecule has 0 aromatic heterocycles. The fourth-order valence-electron chi connectivity index (χ4n) is 6.16. The van der Waals surface area contributed by atoms with Crippen LogP contribution in [0.3, 0.4) is 0 Å². The number of hydrogen-bond donors (Lipinski definition) is 1. The standard InChI is InChI=1S/C42H78O4/c1-3-5-7-9-11-12-13-14-15-16-17-18-19-20-21-22-27-31-35-39-42(45)46-40(36-32-28-24-10-8-6-4-2)37-33-29-25-23-26-30-34-38-41(43)44/h11-12,14-15,40H,3-10,13,16-39H2,1-2H3,(H,43,44)/b12-11-,15-14-. The summed E-state index contributed by atoms with van der Waals surface area (Å²) in [6.45, 7) is 4.52. The first-order valence-electron chi connectivity index (χ1n) is 20.3. The van der Waals surface area contributed by atoms with Gasteiger partial charge in [0.15, 0.2) is 0 Å². The van der Waals surface area contributed by atoms with Crippen molar-refractivity contribution in [3.63, 3.8) is 0 Å². The molecule has 0 aliphatic heterocycles. The molecule has 0 radical (unpaired) electrons. The number of esters is 1. The van der Waals surface area contributed by atoms with Gasteiger partial charge in [0.2, 0.25) is 0 Å². The van der Waals surface area contributed by atoms with Crippen LogP contribution in [0.5, 0.6) is 0 Å². The molecule has 0 heterocycles. The summed E-state index contributed by atoms with van der Waals surface area (Å²) in [5, 5.41) is 8.75. The van der Waals surface area contributed by atoms with E-state index in [1.165, 1.54) is 141 Å². The maximum Gasteiger partial charge on any atom is 0.306 e. The van der Waals surface area contributed by atoms with Gasteiger partial charge in [-0.15, -0.1) is 0 Å². The molecule has 1 unspecified atom stereocenters. The molecule has 0 rings (SSSR count). The van der Waals surface area contributed by atoms with Gasteiger partial charge >= 0.3 is 11.9 Å². The number of unbranched alkanes of at least 4 members (excludes halogenated alkanes) is 24. The average Bonchev–Trinajstić information content (AvgIpc) is 3.04. The second-order valence-corrected chi connectivity index (χ2v) is 13.8. The molecule has 0 bridgehead atoms. The number of ether oxygens (including phenoxy) is 1. The summed E-state index contributed by atoms with van der Waals surface area (Å²) in [6.07, 6.45) is 47.8. The van der Waals surface area contributed by atoms with E-state index in [1.807, 2.05) is 0 Å². The highest BCUT2D eigenvalue weighted by Gasteiger charge is 2.14. The molecule has 0 aromatic carbocycles. The Morgan fingerprint density at radius 1 is 0.478 bits per heavy atom. The van der Waals surface area contributed by atoms with Gasteiger partial charge in [0, 0.05) is 12.8 Å². The first kappa shape index (κ1) is 44.4. The Morgan fingerprint density at radius 2 is 0.848 bits per heavy atom. The van der Waals surface area contributed by atoms with Gasteiger partial charge in [-0.1, -0.05) is 167 Å². The third-order valence-electron chi connectivity index (χ3n) is 9.18. The van der Waals surface area contributed by atoms with Gasteiger partial charge in [0.05, 0.1) is 0 Å². The quantitative estimate of drug-likeness (QED) is 0.0414. The summed E-state index contributed by atoms with van der Waals surface area (Å²) < 4.78 is 6.01. The van der Waals surface area contributed by atoms with Crippen molar-refractivity contribution in [2.45, 2.75) is 232 Å². The van der Waals surface area contributed by atoms with Crippen molar-refractivity contribution < 1.29 is 19.4 Å². The van der Waals surface area contributed by atoms with E-state index in [0.717, 1.165) is 57.8 Å². The van der Waals surface area contributed by atoms with E-state index in [9.17, 15) is 9.59 Å². The van der Waals surface area contributed by atoms with Crippen LogP contribution in [-0.2, 0) is 14.3 Å². The molecule has 0 amide bonds. The molecular weight excluding hydrogens is 568 g/mol. The number of carbonyl (C=O) groups excluding carboxylic acids is 1. The smallest absolute Gasteiger partial charge is 0.306 e. The number of allylic oxidation sites excluding steroid dienone is 4. The second kappa shape index (κ2) is 37.9. The van der Waals surface area contributed by atoms with Crippen LogP contribution in [0.4, 0.5) is 0 Å². The Balaban J connectivity index is 3.90. The van der Waals surface area contributed by atoms with E-state index >= 15 is 0 Å². The van der Waals surface area contributed by atoms with Crippen LogP contribution in [0.15, 0.2) is 24.3 Å². The van der Waals surface area contributed by atoms with Crippen LogP contribution in [0.25, 0.3) is 0 Å². The zero-order valence-corrected chi connectivity index (χ0v) is 30.9. The summed E-state index contributed by atoms with van der Waals surface area (Å²) in [7, 11) is 0. The zero-order chi connectivity index (χ0) is 33.6. The minimum absolute atomic E-state index is 0.0171. The molecule has 270 valence electrons. The minimum Gasteiger partial charge on any atom is -0.481 e. The first-order valence-corrected chi connectivity index (χ1v) is 20.3. The maximum absolute atomic E-state index is 12.7. The van der Waals surface area contributed by atoms with Crippen LogP contribution in [0.2, 0.25) is 0 Å². The van der Waals surface area contributed by atoms with Crippen molar-refractivity contribution in [2.24, 2.45) is 0 Å². The molecule has 1 N–H and O–H groups in total. The third-order valence-corrected chi connectivity index (χ3v) is 9.18. The molecule has 4 heteroatoms. The summed E-state index contributed by atoms with van der Waals surface area (Å²) in [6, 6.07) is 0. The average molecular weight is 647 g/mol. The van der Waals surface area contributed by atoms with Crippen LogP contribution < -0.4 is 0 Å². The van der Waals surface area contributed by atoms with Crippen LogP contribution in [0.1, 0.15) is 226 Å². The van der Waals surface area contributed by atoms with Gasteiger partial charge in [-0.25, -0.2) is 0 Å². The highest BCUT2D eigenvalue weighted by Crippen LogP contribution is 2.19. The SMILES string of the molecule is CCCCC/C=C\C/C=C\CCCCCCCCCCCC(=O)OC(CCCCCCCCC)CCCCCCCCCC(=O)O. The number of hydrogen-bond acceptors (Lipinski definition) is 3. The van der Waals surface area contributed by atoms with Gasteiger partial charge in [-0.3, -0.25) is 9.59 Å². The van der Waals surface area contributed by atoms with Crippen molar-refractivity contribution in [2.75, 3.05) is 0 Å². The molecule has 0 aliphatic rings. The fourth-order valence-corrected chi connectivity index (χ4v) is 6.16. The lowest BCUT2D eigenvalue weighted by molar-refractivity contribution is -0.150. The lowest BCUT2D eigenvalue weighted by Gasteiger charge is -2.18. The molecular formula is C42H78O4. The zero-order valence-electron chi connectivity index (χ0n) is 30.9. The molecule has 0 spiro atoms. The van der Waals surface area contributed by atoms with Crippen LogP contribution >= 0.6 is 0 Å². The highest BCUT2D eigenvalue weighted by molar-refractivity contribution is 5.69. The van der Waals surface area contributed by atoms with Crippen molar-refractivity contribution in [3.8, 4) is 0 Å². The Labute approximate surface area is 287 Å². The molecule has 0 saturated heterocycles. The first-order chi connectivity index (χ1) is 22.6. The predicted molar refractivity (Wildman–Crippen MR) is 200 cm³/mol. The molecule has 4 nitrogen and oxygen atoms in total. The number of aliphatic carboxylic acids is 1. The highest BCUT2D eigenvalue weighted by atomic mass is 16.5. The molecule has 1 atom stereocenters.